The van der Waals surface area contributed by atoms with Gasteiger partial charge >= 0.3 is 0 Å². The van der Waals surface area contributed by atoms with Gasteiger partial charge in [0.2, 0.25) is 4.77 Å². The van der Waals surface area contributed by atoms with Crippen molar-refractivity contribution >= 4 is 34.4 Å². The van der Waals surface area contributed by atoms with Crippen LogP contribution in [0.3, 0.4) is 0 Å². The minimum Gasteiger partial charge on any atom is -0.250 e. The number of benzene rings is 2. The van der Waals surface area contributed by atoms with Crippen molar-refractivity contribution in [2.75, 3.05) is 0 Å². The Hall–Kier alpha value is -2.05. The van der Waals surface area contributed by atoms with Gasteiger partial charge in [-0.1, -0.05) is 58.4 Å². The van der Waals surface area contributed by atoms with Crippen LogP contribution >= 0.6 is 28.1 Å². The minimum atomic E-state index is 0.452. The molecule has 0 amide bonds. The van der Waals surface area contributed by atoms with Crippen LogP contribution in [0.15, 0.2) is 64.2 Å². The molecule has 1 aromatic heterocycles. The van der Waals surface area contributed by atoms with Crippen LogP contribution in [0, 0.1) is 4.77 Å². The Bertz CT molecular complexity index is 836. The molecule has 0 spiro atoms. The van der Waals surface area contributed by atoms with Gasteiger partial charge in [0.1, 0.15) is 0 Å². The first-order valence-corrected chi connectivity index (χ1v) is 7.47. The molecule has 104 valence electrons. The number of nitrogens with zero attached hydrogens (tertiary/aromatic N) is 3. The van der Waals surface area contributed by atoms with E-state index in [-0.39, 0.29) is 0 Å². The number of nitrogens with one attached hydrogen (secondary N) is 1. The zero-order valence-corrected chi connectivity index (χ0v) is 13.3. The Morgan fingerprint density at radius 1 is 1.10 bits per heavy atom. The van der Waals surface area contributed by atoms with E-state index in [0.29, 0.717) is 10.6 Å². The highest BCUT2D eigenvalue weighted by atomic mass is 79.9. The molecule has 0 aliphatic rings. The summed E-state index contributed by atoms with van der Waals surface area (Å²) < 4.78 is 3.01. The van der Waals surface area contributed by atoms with Crippen LogP contribution in [-0.2, 0) is 0 Å². The lowest BCUT2D eigenvalue weighted by Gasteiger charge is -2.03. The second-order valence-corrected chi connectivity index (χ2v) is 5.54. The Balaban J connectivity index is 2.05. The van der Waals surface area contributed by atoms with E-state index in [1.54, 1.807) is 10.9 Å². The highest BCUT2D eigenvalue weighted by Gasteiger charge is 2.10. The second kappa shape index (κ2) is 6.15. The van der Waals surface area contributed by atoms with Gasteiger partial charge < -0.3 is 0 Å². The van der Waals surface area contributed by atoms with Crippen molar-refractivity contribution in [1.29, 1.82) is 0 Å². The van der Waals surface area contributed by atoms with E-state index in [1.807, 2.05) is 54.6 Å². The first-order valence-electron chi connectivity index (χ1n) is 6.27. The summed E-state index contributed by atoms with van der Waals surface area (Å²) in [6, 6.07) is 17.7. The van der Waals surface area contributed by atoms with E-state index < -0.39 is 0 Å². The van der Waals surface area contributed by atoms with E-state index in [1.165, 1.54) is 0 Å². The lowest BCUT2D eigenvalue weighted by molar-refractivity contribution is 0.871. The van der Waals surface area contributed by atoms with Crippen molar-refractivity contribution < 1.29 is 0 Å². The summed E-state index contributed by atoms with van der Waals surface area (Å²) in [7, 11) is 0. The molecule has 6 heteroatoms. The summed E-state index contributed by atoms with van der Waals surface area (Å²) in [5.74, 6) is 0.666. The molecule has 0 aliphatic carbocycles. The van der Waals surface area contributed by atoms with Gasteiger partial charge in [0, 0.05) is 10.0 Å². The first-order chi connectivity index (χ1) is 10.3. The fourth-order valence-electron chi connectivity index (χ4n) is 1.88. The third-order valence-electron chi connectivity index (χ3n) is 2.89. The second-order valence-electron chi connectivity index (χ2n) is 4.30. The van der Waals surface area contributed by atoms with Crippen molar-refractivity contribution in [2.45, 2.75) is 0 Å². The van der Waals surface area contributed by atoms with Gasteiger partial charge in [-0.25, -0.2) is 5.10 Å². The van der Waals surface area contributed by atoms with Crippen molar-refractivity contribution in [2.24, 2.45) is 5.10 Å². The van der Waals surface area contributed by atoms with Crippen LogP contribution in [0.4, 0.5) is 0 Å². The average molecular weight is 359 g/mol. The zero-order valence-electron chi connectivity index (χ0n) is 10.9. The van der Waals surface area contributed by atoms with Crippen LogP contribution in [0.25, 0.3) is 11.4 Å². The first kappa shape index (κ1) is 13.9. The molecule has 0 saturated heterocycles. The molecule has 0 bridgehead atoms. The van der Waals surface area contributed by atoms with Gasteiger partial charge in [0.05, 0.1) is 6.21 Å². The van der Waals surface area contributed by atoms with E-state index in [2.05, 4.69) is 31.2 Å². The molecule has 2 aromatic carbocycles. The summed E-state index contributed by atoms with van der Waals surface area (Å²) in [5, 5.41) is 11.5. The third kappa shape index (κ3) is 3.01. The number of aromatic amines is 1. The summed E-state index contributed by atoms with van der Waals surface area (Å²) >= 11 is 8.77. The van der Waals surface area contributed by atoms with Gasteiger partial charge in [-0.15, -0.1) is 0 Å². The highest BCUT2D eigenvalue weighted by Crippen LogP contribution is 2.26. The number of hydrogen-bond acceptors (Lipinski definition) is 3. The molecular formula is C15H11BrN4S. The lowest BCUT2D eigenvalue weighted by atomic mass is 10.2. The molecule has 0 aliphatic heterocycles. The van der Waals surface area contributed by atoms with E-state index in [4.69, 9.17) is 12.2 Å². The van der Waals surface area contributed by atoms with Gasteiger partial charge in [-0.05, 0) is 29.9 Å². The van der Waals surface area contributed by atoms with E-state index in [9.17, 15) is 0 Å². The summed E-state index contributed by atoms with van der Waals surface area (Å²) in [4.78, 5) is 0. The molecule has 1 N–H and O–H groups in total. The predicted molar refractivity (Wildman–Crippen MR) is 90.0 cm³/mol. The average Bonchev–Trinajstić information content (AvgIpc) is 2.88. The van der Waals surface area contributed by atoms with Crippen molar-refractivity contribution in [3.8, 4) is 11.4 Å². The fourth-order valence-corrected chi connectivity index (χ4v) is 2.52. The SMILES string of the molecule is S=c1[nH]nc(-c2ccccc2Br)n1/N=C\c1ccccc1. The maximum absolute atomic E-state index is 5.25. The molecule has 3 aromatic rings. The predicted octanol–water partition coefficient (Wildman–Crippen LogP) is 4.25. The van der Waals surface area contributed by atoms with Gasteiger partial charge in [-0.3, -0.25) is 0 Å². The topological polar surface area (TPSA) is 46.0 Å². The normalized spacial score (nSPS) is 11.1. The summed E-state index contributed by atoms with van der Waals surface area (Å²) in [6.45, 7) is 0. The Morgan fingerprint density at radius 2 is 1.81 bits per heavy atom. The molecule has 0 atom stereocenters. The molecule has 0 unspecified atom stereocenters. The maximum Gasteiger partial charge on any atom is 0.216 e. The quantitative estimate of drug-likeness (QED) is 0.561. The monoisotopic (exact) mass is 358 g/mol. The number of hydrogen-bond donors (Lipinski definition) is 1. The van der Waals surface area contributed by atoms with E-state index in [0.717, 1.165) is 15.6 Å². The molecule has 21 heavy (non-hydrogen) atoms. The lowest BCUT2D eigenvalue weighted by Crippen LogP contribution is -1.95. The van der Waals surface area contributed by atoms with Crippen molar-refractivity contribution in [3.05, 3.63) is 69.4 Å². The van der Waals surface area contributed by atoms with Crippen LogP contribution < -0.4 is 0 Å². The largest absolute Gasteiger partial charge is 0.250 e. The molecule has 3 rings (SSSR count). The van der Waals surface area contributed by atoms with Crippen molar-refractivity contribution in [3.63, 3.8) is 0 Å². The molecular weight excluding hydrogens is 348 g/mol. The number of H-pyrrole nitrogens is 1. The smallest absolute Gasteiger partial charge is 0.216 e. The zero-order chi connectivity index (χ0) is 14.7. The number of aromatic nitrogens is 3. The minimum absolute atomic E-state index is 0.452. The number of halogens is 1. The highest BCUT2D eigenvalue weighted by molar-refractivity contribution is 9.10. The molecule has 0 fully saturated rings. The third-order valence-corrected chi connectivity index (χ3v) is 3.84. The van der Waals surface area contributed by atoms with Crippen LogP contribution in [0.5, 0.6) is 0 Å². The van der Waals surface area contributed by atoms with Crippen LogP contribution in [0.2, 0.25) is 0 Å². The molecule has 0 radical (unpaired) electrons. The van der Waals surface area contributed by atoms with Crippen LogP contribution in [0.1, 0.15) is 5.56 Å². The van der Waals surface area contributed by atoms with Gasteiger partial charge in [0.15, 0.2) is 5.82 Å². The summed E-state index contributed by atoms with van der Waals surface area (Å²) in [6.07, 6.45) is 1.76. The number of rotatable bonds is 3. The Kier molecular flexibility index (Phi) is 4.08. The molecule has 4 nitrogen and oxygen atoms in total. The molecule has 1 heterocycles. The summed E-state index contributed by atoms with van der Waals surface area (Å²) in [5.41, 5.74) is 1.92. The van der Waals surface area contributed by atoms with E-state index >= 15 is 0 Å². The maximum atomic E-state index is 5.25. The fraction of sp³-hybridized carbons (Fsp3) is 0. The Morgan fingerprint density at radius 3 is 2.57 bits per heavy atom. The van der Waals surface area contributed by atoms with Gasteiger partial charge in [0.25, 0.3) is 0 Å². The Labute approximate surface area is 135 Å². The van der Waals surface area contributed by atoms with Gasteiger partial charge in [-0.2, -0.15) is 14.9 Å². The standard InChI is InChI=1S/C15H11BrN4S/c16-13-9-5-4-8-12(13)14-18-19-15(21)20(14)17-10-11-6-2-1-3-7-11/h1-10H,(H,19,21)/b17-10-. The van der Waals surface area contributed by atoms with Crippen LogP contribution in [-0.4, -0.2) is 21.1 Å². The van der Waals surface area contributed by atoms with Crippen molar-refractivity contribution in [1.82, 2.24) is 14.9 Å². The molecule has 0 saturated carbocycles.